The zero-order chi connectivity index (χ0) is 17.3. The fourth-order valence-electron chi connectivity index (χ4n) is 5.17. The molecule has 2 bridgehead atoms. The van der Waals surface area contributed by atoms with Crippen LogP contribution in [0.25, 0.3) is 0 Å². The van der Waals surface area contributed by atoms with Gasteiger partial charge >= 0.3 is 0 Å². The summed E-state index contributed by atoms with van der Waals surface area (Å²) in [5.41, 5.74) is 0.832. The second-order valence-corrected chi connectivity index (χ2v) is 8.45. The summed E-state index contributed by atoms with van der Waals surface area (Å²) < 4.78 is 0.917. The molecule has 1 heterocycles. The van der Waals surface area contributed by atoms with E-state index in [2.05, 4.69) is 33.4 Å². The number of hydrogen-bond acceptors (Lipinski definition) is 3. The Bertz CT molecular complexity index is 794. The Morgan fingerprint density at radius 2 is 1.64 bits per heavy atom. The van der Waals surface area contributed by atoms with E-state index in [-0.39, 0.29) is 53.4 Å². The Hall–Kier alpha value is -1.95. The minimum absolute atomic E-state index is 0.163. The largest absolute Gasteiger partial charge is 0.325 e. The SMILES string of the molecule is O=C(CN1C(=O)C2C(C1=O)C1C=CC2C12CC2)Nc1ccc(Br)cc1. The van der Waals surface area contributed by atoms with Gasteiger partial charge in [-0.1, -0.05) is 28.1 Å². The predicted molar refractivity (Wildman–Crippen MR) is 94.3 cm³/mol. The number of rotatable bonds is 3. The number of carbonyl (C=O) groups is 3. The van der Waals surface area contributed by atoms with Crippen molar-refractivity contribution < 1.29 is 14.4 Å². The van der Waals surface area contributed by atoms with Gasteiger partial charge in [0.25, 0.3) is 0 Å². The number of halogens is 1. The second-order valence-electron chi connectivity index (χ2n) is 7.54. The first kappa shape index (κ1) is 15.3. The Kier molecular flexibility index (Phi) is 3.08. The van der Waals surface area contributed by atoms with Crippen molar-refractivity contribution in [3.63, 3.8) is 0 Å². The summed E-state index contributed by atoms with van der Waals surface area (Å²) in [6, 6.07) is 7.19. The van der Waals surface area contributed by atoms with E-state index in [4.69, 9.17) is 0 Å². The monoisotopic (exact) mass is 400 g/mol. The minimum Gasteiger partial charge on any atom is -0.325 e. The van der Waals surface area contributed by atoms with Crippen molar-refractivity contribution >= 4 is 39.3 Å². The van der Waals surface area contributed by atoms with Crippen LogP contribution < -0.4 is 5.32 Å². The number of amides is 3. The van der Waals surface area contributed by atoms with E-state index in [0.717, 1.165) is 17.3 Å². The van der Waals surface area contributed by atoms with Gasteiger partial charge in [-0.25, -0.2) is 0 Å². The molecular formula is C19H17BrN2O3. The van der Waals surface area contributed by atoms with E-state index in [1.54, 1.807) is 12.1 Å². The van der Waals surface area contributed by atoms with Crippen LogP contribution in [0.2, 0.25) is 0 Å². The fraction of sp³-hybridized carbons (Fsp3) is 0.421. The summed E-state index contributed by atoms with van der Waals surface area (Å²) in [4.78, 5) is 39.1. The molecule has 1 saturated heterocycles. The van der Waals surface area contributed by atoms with Crippen LogP contribution in [0.4, 0.5) is 5.69 Å². The number of allylic oxidation sites excluding steroid dienone is 2. The van der Waals surface area contributed by atoms with Crippen LogP contribution in [-0.4, -0.2) is 29.2 Å². The number of anilines is 1. The molecule has 25 heavy (non-hydrogen) atoms. The molecule has 6 heteroatoms. The lowest BCUT2D eigenvalue weighted by atomic mass is 9.85. The van der Waals surface area contributed by atoms with Crippen molar-refractivity contribution in [1.82, 2.24) is 4.90 Å². The lowest BCUT2D eigenvalue weighted by Crippen LogP contribution is -2.40. The zero-order valence-corrected chi connectivity index (χ0v) is 15.0. The molecular weight excluding hydrogens is 384 g/mol. The van der Waals surface area contributed by atoms with E-state index in [0.29, 0.717) is 5.69 Å². The molecule has 3 aliphatic carbocycles. The number of likely N-dealkylation sites (tertiary alicyclic amines) is 1. The van der Waals surface area contributed by atoms with Gasteiger partial charge in [0.2, 0.25) is 17.7 Å². The first-order valence-corrected chi connectivity index (χ1v) is 9.39. The standard InChI is InChI=1S/C19H17BrN2O3/c20-10-1-3-11(4-2-10)21-14(23)9-22-17(24)15-12-5-6-13(16(15)18(22)25)19(12)7-8-19/h1-6,12-13,15-16H,7-9H2,(H,21,23). The molecule has 128 valence electrons. The van der Waals surface area contributed by atoms with Gasteiger partial charge in [0, 0.05) is 10.2 Å². The smallest absolute Gasteiger partial charge is 0.244 e. The second kappa shape index (κ2) is 5.04. The molecule has 0 aromatic heterocycles. The van der Waals surface area contributed by atoms with Crippen molar-refractivity contribution in [1.29, 1.82) is 0 Å². The summed E-state index contributed by atoms with van der Waals surface area (Å²) in [6.45, 7) is -0.201. The van der Waals surface area contributed by atoms with E-state index >= 15 is 0 Å². The lowest BCUT2D eigenvalue weighted by molar-refractivity contribution is -0.143. The molecule has 1 aromatic carbocycles. The molecule has 1 N–H and O–H groups in total. The van der Waals surface area contributed by atoms with Crippen LogP contribution >= 0.6 is 15.9 Å². The highest BCUT2D eigenvalue weighted by Gasteiger charge is 2.73. The van der Waals surface area contributed by atoms with Crippen LogP contribution in [0.3, 0.4) is 0 Å². The van der Waals surface area contributed by atoms with Crippen molar-refractivity contribution in [3.05, 3.63) is 40.9 Å². The van der Waals surface area contributed by atoms with Gasteiger partial charge in [0.15, 0.2) is 0 Å². The normalized spacial score (nSPS) is 33.2. The molecule has 3 fully saturated rings. The molecule has 1 aliphatic heterocycles. The van der Waals surface area contributed by atoms with Crippen molar-refractivity contribution in [2.75, 3.05) is 11.9 Å². The van der Waals surface area contributed by atoms with E-state index in [1.807, 2.05) is 12.1 Å². The Morgan fingerprint density at radius 3 is 2.16 bits per heavy atom. The van der Waals surface area contributed by atoms with Gasteiger partial charge in [0.05, 0.1) is 11.8 Å². The lowest BCUT2D eigenvalue weighted by Gasteiger charge is -2.21. The van der Waals surface area contributed by atoms with Gasteiger partial charge in [0.1, 0.15) is 6.54 Å². The molecule has 1 aromatic rings. The summed E-state index contributed by atoms with van der Waals surface area (Å²) in [5.74, 6) is -0.772. The van der Waals surface area contributed by atoms with E-state index in [1.165, 1.54) is 4.90 Å². The van der Waals surface area contributed by atoms with E-state index < -0.39 is 0 Å². The van der Waals surface area contributed by atoms with Gasteiger partial charge in [-0.3, -0.25) is 19.3 Å². The quantitative estimate of drug-likeness (QED) is 0.626. The summed E-state index contributed by atoms with van der Waals surface area (Å²) in [5, 5.41) is 2.75. The van der Waals surface area contributed by atoms with Gasteiger partial charge in [-0.2, -0.15) is 0 Å². The average Bonchev–Trinajstić information content (AvgIpc) is 3.20. The number of nitrogens with zero attached hydrogens (tertiary/aromatic N) is 1. The zero-order valence-electron chi connectivity index (χ0n) is 13.4. The maximum atomic E-state index is 12.8. The number of imide groups is 1. The van der Waals surface area contributed by atoms with Gasteiger partial charge in [-0.15, -0.1) is 0 Å². The average molecular weight is 401 g/mol. The third kappa shape index (κ3) is 2.03. The molecule has 5 rings (SSSR count). The van der Waals surface area contributed by atoms with Crippen LogP contribution in [0, 0.1) is 29.1 Å². The van der Waals surface area contributed by atoms with Gasteiger partial charge < -0.3 is 5.32 Å². The number of benzene rings is 1. The molecule has 1 spiro atoms. The van der Waals surface area contributed by atoms with Crippen molar-refractivity contribution in [2.45, 2.75) is 12.8 Å². The van der Waals surface area contributed by atoms with Crippen LogP contribution in [-0.2, 0) is 14.4 Å². The van der Waals surface area contributed by atoms with Crippen molar-refractivity contribution in [2.24, 2.45) is 29.1 Å². The predicted octanol–water partition coefficient (Wildman–Crippen LogP) is 2.58. The molecule has 4 atom stereocenters. The summed E-state index contributed by atoms with van der Waals surface area (Å²) in [7, 11) is 0. The van der Waals surface area contributed by atoms with E-state index in [9.17, 15) is 14.4 Å². The maximum absolute atomic E-state index is 12.8. The van der Waals surface area contributed by atoms with Crippen molar-refractivity contribution in [3.8, 4) is 0 Å². The van der Waals surface area contributed by atoms with Gasteiger partial charge in [-0.05, 0) is 54.4 Å². The number of carbonyl (C=O) groups excluding carboxylic acids is 3. The fourth-order valence-corrected chi connectivity index (χ4v) is 5.44. The Balaban J connectivity index is 1.31. The highest BCUT2D eigenvalue weighted by atomic mass is 79.9. The molecule has 4 unspecified atom stereocenters. The van der Waals surface area contributed by atoms with Crippen LogP contribution in [0.5, 0.6) is 0 Å². The van der Waals surface area contributed by atoms with Crippen LogP contribution in [0.15, 0.2) is 40.9 Å². The maximum Gasteiger partial charge on any atom is 0.244 e. The highest BCUT2D eigenvalue weighted by Crippen LogP contribution is 2.73. The number of fused-ring (bicyclic) bond motifs is 3. The summed E-state index contributed by atoms with van der Waals surface area (Å²) >= 11 is 3.34. The molecule has 4 aliphatic rings. The molecule has 0 radical (unpaired) electrons. The molecule has 5 nitrogen and oxygen atoms in total. The highest BCUT2D eigenvalue weighted by molar-refractivity contribution is 9.10. The molecule has 2 saturated carbocycles. The Morgan fingerprint density at radius 1 is 1.08 bits per heavy atom. The minimum atomic E-state index is -0.342. The third-order valence-electron chi connectivity index (χ3n) is 6.37. The first-order valence-electron chi connectivity index (χ1n) is 8.60. The number of nitrogens with one attached hydrogen (secondary N) is 1. The topological polar surface area (TPSA) is 66.5 Å². The third-order valence-corrected chi connectivity index (χ3v) is 6.90. The summed E-state index contributed by atoms with van der Waals surface area (Å²) in [6.07, 6.45) is 6.50. The van der Waals surface area contributed by atoms with Crippen LogP contribution in [0.1, 0.15) is 12.8 Å². The first-order chi connectivity index (χ1) is 12.0. The number of hydrogen-bond donors (Lipinski definition) is 1. The molecule has 3 amide bonds. The Labute approximate surface area is 153 Å².